The van der Waals surface area contributed by atoms with Crippen molar-refractivity contribution >= 4 is 26.6 Å². The second kappa shape index (κ2) is 2.70. The Kier molecular flexibility index (Phi) is 1.80. The number of carbonyl (C=O) groups is 1. The molecule has 0 saturated heterocycles. The van der Waals surface area contributed by atoms with E-state index in [4.69, 9.17) is 3.07 Å². The zero-order valence-electron chi connectivity index (χ0n) is 6.37. The molecule has 0 fully saturated rings. The molecular weight excluding hydrogens is 271 g/mol. The van der Waals surface area contributed by atoms with Crippen LogP contribution in [0.2, 0.25) is 0 Å². The number of aryl methyl sites for hydroxylation is 1. The maximum atomic E-state index is 11.1. The van der Waals surface area contributed by atoms with E-state index in [-0.39, 0.29) is 5.97 Å². The molecule has 0 saturated carbocycles. The van der Waals surface area contributed by atoms with Crippen molar-refractivity contribution < 1.29 is 11.3 Å². The molecular formula is C8H7IO3. The fourth-order valence-electron chi connectivity index (χ4n) is 1.17. The fraction of sp³-hybridized carbons (Fsp3) is 0.125. The first kappa shape index (κ1) is 8.00. The van der Waals surface area contributed by atoms with Gasteiger partial charge in [-0.05, 0) is 0 Å². The quantitative estimate of drug-likeness (QED) is 0.734. The van der Waals surface area contributed by atoms with Crippen molar-refractivity contribution in [1.29, 1.82) is 0 Å². The summed E-state index contributed by atoms with van der Waals surface area (Å²) in [7, 11) is 0. The molecule has 12 heavy (non-hydrogen) atoms. The average Bonchev–Trinajstić information content (AvgIpc) is 2.29. The average molecular weight is 278 g/mol. The summed E-state index contributed by atoms with van der Waals surface area (Å²) >= 11 is -2.56. The van der Waals surface area contributed by atoms with Crippen LogP contribution in [0.3, 0.4) is 0 Å². The third-order valence-corrected chi connectivity index (χ3v) is 4.89. The van der Waals surface area contributed by atoms with Gasteiger partial charge < -0.3 is 0 Å². The molecule has 3 nitrogen and oxygen atoms in total. The first-order valence-corrected chi connectivity index (χ1v) is 6.34. The van der Waals surface area contributed by atoms with Gasteiger partial charge in [-0.15, -0.1) is 0 Å². The SMILES string of the molecule is Cc1cccc2c1I(O)OC2=O. The summed E-state index contributed by atoms with van der Waals surface area (Å²) in [6.07, 6.45) is 0. The number of halogens is 1. The van der Waals surface area contributed by atoms with Crippen LogP contribution in [0.15, 0.2) is 18.2 Å². The molecule has 1 N–H and O–H groups in total. The molecule has 64 valence electrons. The van der Waals surface area contributed by atoms with E-state index < -0.39 is 20.6 Å². The summed E-state index contributed by atoms with van der Waals surface area (Å²) in [5.74, 6) is -0.374. The summed E-state index contributed by atoms with van der Waals surface area (Å²) < 4.78 is 15.0. The van der Waals surface area contributed by atoms with Crippen LogP contribution in [-0.2, 0) is 3.07 Å². The van der Waals surface area contributed by atoms with E-state index in [1.807, 2.05) is 13.0 Å². The molecule has 0 atom stereocenters. The van der Waals surface area contributed by atoms with Crippen molar-refractivity contribution in [1.82, 2.24) is 0 Å². The Morgan fingerprint density at radius 2 is 2.25 bits per heavy atom. The van der Waals surface area contributed by atoms with Crippen LogP contribution in [0.5, 0.6) is 0 Å². The summed E-state index contributed by atoms with van der Waals surface area (Å²) in [4.78, 5) is 11.1. The number of benzene rings is 1. The Morgan fingerprint density at radius 1 is 1.50 bits per heavy atom. The van der Waals surface area contributed by atoms with Gasteiger partial charge in [0, 0.05) is 0 Å². The molecule has 0 bridgehead atoms. The molecule has 0 aromatic heterocycles. The Bertz CT molecular complexity index is 348. The molecule has 0 unspecified atom stereocenters. The zero-order valence-corrected chi connectivity index (χ0v) is 8.53. The van der Waals surface area contributed by atoms with Gasteiger partial charge in [-0.3, -0.25) is 0 Å². The Morgan fingerprint density at radius 3 is 2.92 bits per heavy atom. The molecule has 0 aliphatic carbocycles. The predicted octanol–water partition coefficient (Wildman–Crippen LogP) is 1.66. The van der Waals surface area contributed by atoms with Gasteiger partial charge in [-0.2, -0.15) is 0 Å². The number of carbonyl (C=O) groups excluding carboxylic acids is 1. The molecule has 1 aromatic rings. The minimum absolute atomic E-state index is 0.374. The molecule has 1 aromatic carbocycles. The van der Waals surface area contributed by atoms with Gasteiger partial charge in [0.25, 0.3) is 0 Å². The van der Waals surface area contributed by atoms with Crippen LogP contribution in [-0.4, -0.2) is 9.41 Å². The molecule has 0 spiro atoms. The second-order valence-electron chi connectivity index (χ2n) is 2.53. The number of rotatable bonds is 0. The predicted molar refractivity (Wildman–Crippen MR) is 51.5 cm³/mol. The van der Waals surface area contributed by atoms with Gasteiger partial charge in [0.15, 0.2) is 0 Å². The molecule has 4 heteroatoms. The molecule has 0 amide bonds. The molecule has 0 radical (unpaired) electrons. The van der Waals surface area contributed by atoms with Crippen LogP contribution in [0, 0.1) is 10.5 Å². The van der Waals surface area contributed by atoms with Gasteiger partial charge in [0.1, 0.15) is 0 Å². The van der Waals surface area contributed by atoms with Crippen molar-refractivity contribution in [2.45, 2.75) is 6.92 Å². The van der Waals surface area contributed by atoms with Gasteiger partial charge in [-0.25, -0.2) is 0 Å². The van der Waals surface area contributed by atoms with Gasteiger partial charge in [-0.1, -0.05) is 0 Å². The monoisotopic (exact) mass is 278 g/mol. The van der Waals surface area contributed by atoms with E-state index >= 15 is 0 Å². The number of fused-ring (bicyclic) bond motifs is 1. The summed E-state index contributed by atoms with van der Waals surface area (Å²) in [5, 5.41) is 0. The summed E-state index contributed by atoms with van der Waals surface area (Å²) in [6.45, 7) is 1.88. The minimum atomic E-state index is -2.56. The van der Waals surface area contributed by atoms with E-state index in [1.54, 1.807) is 12.1 Å². The molecule has 1 aliphatic rings. The van der Waals surface area contributed by atoms with E-state index in [1.165, 1.54) is 0 Å². The third kappa shape index (κ3) is 1.02. The molecule has 2 rings (SSSR count). The van der Waals surface area contributed by atoms with E-state index in [0.29, 0.717) is 5.56 Å². The Hall–Kier alpha value is -0.620. The van der Waals surface area contributed by atoms with Gasteiger partial charge in [0.2, 0.25) is 0 Å². The topological polar surface area (TPSA) is 46.5 Å². The number of hydrogen-bond acceptors (Lipinski definition) is 3. The zero-order chi connectivity index (χ0) is 8.72. The first-order valence-electron chi connectivity index (χ1n) is 3.41. The van der Waals surface area contributed by atoms with Crippen LogP contribution >= 0.6 is 20.6 Å². The van der Waals surface area contributed by atoms with Crippen molar-refractivity contribution in [2.24, 2.45) is 0 Å². The summed E-state index contributed by atoms with van der Waals surface area (Å²) in [6, 6.07) is 5.37. The maximum absolute atomic E-state index is 11.1. The number of hydrogen-bond donors (Lipinski definition) is 1. The summed E-state index contributed by atoms with van der Waals surface area (Å²) in [5.41, 5.74) is 1.49. The standard InChI is InChI=1S/C8H7IO3/c1-5-3-2-4-6-7(5)9(11)12-8(6)10/h2-4,11H,1H3. The first-order chi connectivity index (χ1) is 5.70. The normalized spacial score (nSPS) is 17.5. The van der Waals surface area contributed by atoms with Crippen molar-refractivity contribution in [2.75, 3.05) is 0 Å². The molecule has 1 aliphatic heterocycles. The fourth-order valence-corrected chi connectivity index (χ4v) is 3.81. The van der Waals surface area contributed by atoms with Gasteiger partial charge >= 0.3 is 77.7 Å². The Balaban J connectivity index is 2.67. The van der Waals surface area contributed by atoms with Crippen LogP contribution < -0.4 is 0 Å². The van der Waals surface area contributed by atoms with Crippen LogP contribution in [0.25, 0.3) is 0 Å². The van der Waals surface area contributed by atoms with E-state index in [0.717, 1.165) is 9.13 Å². The van der Waals surface area contributed by atoms with Crippen molar-refractivity contribution in [3.05, 3.63) is 32.9 Å². The molecule has 1 heterocycles. The van der Waals surface area contributed by atoms with Crippen LogP contribution in [0.1, 0.15) is 15.9 Å². The van der Waals surface area contributed by atoms with Gasteiger partial charge in [0.05, 0.1) is 0 Å². The third-order valence-electron chi connectivity index (χ3n) is 1.72. The van der Waals surface area contributed by atoms with Crippen molar-refractivity contribution in [3.63, 3.8) is 0 Å². The second-order valence-corrected chi connectivity index (χ2v) is 5.37. The Labute approximate surface area is 77.8 Å². The van der Waals surface area contributed by atoms with E-state index in [2.05, 4.69) is 0 Å². The van der Waals surface area contributed by atoms with Crippen molar-refractivity contribution in [3.8, 4) is 0 Å². The van der Waals surface area contributed by atoms with Crippen LogP contribution in [0.4, 0.5) is 0 Å². The van der Waals surface area contributed by atoms with E-state index in [9.17, 15) is 8.23 Å².